The molecule has 6 atom stereocenters. The van der Waals surface area contributed by atoms with Gasteiger partial charge in [-0.1, -0.05) is 49.8 Å². The Balaban J connectivity index is 0.000000167. The number of nitrogen functional groups attached to an aromatic ring is 1. The number of imidazole rings is 2. The van der Waals surface area contributed by atoms with E-state index in [0.717, 1.165) is 36.8 Å². The van der Waals surface area contributed by atoms with Crippen LogP contribution in [-0.4, -0.2) is 74.4 Å². The lowest BCUT2D eigenvalue weighted by atomic mass is 9.69. The Kier molecular flexibility index (Phi) is 9.17. The predicted molar refractivity (Wildman–Crippen MR) is 200 cm³/mol. The maximum absolute atomic E-state index is 12.6. The van der Waals surface area contributed by atoms with Gasteiger partial charge in [0, 0.05) is 11.8 Å². The van der Waals surface area contributed by atoms with E-state index in [9.17, 15) is 9.59 Å². The summed E-state index contributed by atoms with van der Waals surface area (Å²) in [5, 5.41) is 0.278. The maximum atomic E-state index is 12.6. The lowest BCUT2D eigenvalue weighted by Crippen LogP contribution is -2.45. The number of aromatic nitrogens is 8. The van der Waals surface area contributed by atoms with Gasteiger partial charge >= 0.3 is 11.9 Å². The molecule has 2 saturated heterocycles. The zero-order chi connectivity index (χ0) is 39.1. The third kappa shape index (κ3) is 6.33. The van der Waals surface area contributed by atoms with Crippen molar-refractivity contribution < 1.29 is 28.5 Å². The van der Waals surface area contributed by atoms with Gasteiger partial charge in [-0.15, -0.1) is 0 Å². The lowest BCUT2D eigenvalue weighted by molar-refractivity contribution is -0.167. The molecular formula is C38H48ClN9O6. The number of nitrogens with zero attached hydrogens (tertiary/aromatic N) is 8. The van der Waals surface area contributed by atoms with Crippen LogP contribution in [0.25, 0.3) is 22.3 Å². The van der Waals surface area contributed by atoms with Gasteiger partial charge in [0.05, 0.1) is 34.7 Å². The molecule has 15 nitrogen and oxygen atoms in total. The van der Waals surface area contributed by atoms with E-state index in [1.54, 1.807) is 21.8 Å². The van der Waals surface area contributed by atoms with E-state index >= 15 is 0 Å². The van der Waals surface area contributed by atoms with Crippen molar-refractivity contribution in [3.8, 4) is 0 Å². The summed E-state index contributed by atoms with van der Waals surface area (Å²) in [5.74, 6) is -0.202. The molecule has 4 fully saturated rings. The third-order valence-corrected chi connectivity index (χ3v) is 11.4. The van der Waals surface area contributed by atoms with Crippen LogP contribution in [0.15, 0.2) is 49.6 Å². The van der Waals surface area contributed by atoms with Crippen LogP contribution in [0.2, 0.25) is 5.15 Å². The van der Waals surface area contributed by atoms with Gasteiger partial charge < -0.3 is 24.7 Å². The van der Waals surface area contributed by atoms with Gasteiger partial charge in [-0.05, 0) is 67.2 Å². The molecule has 2 spiro atoms. The van der Waals surface area contributed by atoms with Gasteiger partial charge in [0.1, 0.15) is 23.7 Å². The summed E-state index contributed by atoms with van der Waals surface area (Å²) in [6.45, 7) is 23.3. The minimum Gasteiger partial charge on any atom is -0.457 e. The predicted octanol–water partition coefficient (Wildman–Crippen LogP) is 6.31. The topological polar surface area (TPSA) is 184 Å². The zero-order valence-corrected chi connectivity index (χ0v) is 32.8. The molecule has 4 aromatic rings. The Morgan fingerprint density at radius 3 is 1.57 bits per heavy atom. The summed E-state index contributed by atoms with van der Waals surface area (Å²) < 4.78 is 28.4. The summed E-state index contributed by atoms with van der Waals surface area (Å²) in [4.78, 5) is 50.5. The van der Waals surface area contributed by atoms with Crippen molar-refractivity contribution in [3.05, 3.63) is 54.8 Å². The largest absolute Gasteiger partial charge is 0.457 e. The van der Waals surface area contributed by atoms with Crippen molar-refractivity contribution in [2.75, 3.05) is 5.73 Å². The Morgan fingerprint density at radius 2 is 1.15 bits per heavy atom. The molecule has 288 valence electrons. The number of halogens is 1. The fourth-order valence-corrected chi connectivity index (χ4v) is 7.92. The molecule has 8 rings (SSSR count). The van der Waals surface area contributed by atoms with Gasteiger partial charge in [-0.2, -0.15) is 0 Å². The number of carbonyl (C=O) groups is 2. The molecule has 54 heavy (non-hydrogen) atoms. The van der Waals surface area contributed by atoms with E-state index in [2.05, 4.69) is 56.9 Å². The van der Waals surface area contributed by atoms with Crippen LogP contribution >= 0.6 is 11.6 Å². The quantitative estimate of drug-likeness (QED) is 0.139. The van der Waals surface area contributed by atoms with Gasteiger partial charge in [-0.25, -0.2) is 29.9 Å². The van der Waals surface area contributed by atoms with E-state index in [1.807, 2.05) is 41.5 Å². The molecule has 0 radical (unpaired) electrons. The second-order valence-corrected chi connectivity index (χ2v) is 17.6. The average Bonchev–Trinajstić information content (AvgIpc) is 3.82. The first kappa shape index (κ1) is 37.8. The van der Waals surface area contributed by atoms with Crippen LogP contribution in [0.4, 0.5) is 5.82 Å². The number of nitrogens with two attached hydrogens (primary N) is 1. The smallest absolute Gasteiger partial charge is 0.311 e. The molecule has 16 heteroatoms. The van der Waals surface area contributed by atoms with Gasteiger partial charge in [-0.3, -0.25) is 18.7 Å². The summed E-state index contributed by atoms with van der Waals surface area (Å²) in [6, 6.07) is 0. The van der Waals surface area contributed by atoms with Crippen molar-refractivity contribution in [2.45, 2.75) is 117 Å². The fourth-order valence-electron chi connectivity index (χ4n) is 7.74. The van der Waals surface area contributed by atoms with Crippen LogP contribution in [0.1, 0.15) is 93.5 Å². The van der Waals surface area contributed by atoms with Gasteiger partial charge in [0.2, 0.25) is 0 Å². The van der Waals surface area contributed by atoms with Crippen molar-refractivity contribution >= 4 is 51.7 Å². The highest BCUT2D eigenvalue weighted by Gasteiger charge is 2.61. The highest BCUT2D eigenvalue weighted by atomic mass is 35.5. The molecule has 2 aliphatic heterocycles. The summed E-state index contributed by atoms with van der Waals surface area (Å²) in [6.07, 6.45) is 7.08. The Morgan fingerprint density at radius 1 is 0.741 bits per heavy atom. The number of hydrogen-bond acceptors (Lipinski definition) is 13. The van der Waals surface area contributed by atoms with Crippen molar-refractivity contribution in [1.82, 2.24) is 39.0 Å². The lowest BCUT2D eigenvalue weighted by Gasteiger charge is -2.43. The number of anilines is 1. The molecule has 0 unspecified atom stereocenters. The van der Waals surface area contributed by atoms with Crippen LogP contribution < -0.4 is 5.73 Å². The molecular weight excluding hydrogens is 714 g/mol. The second kappa shape index (κ2) is 13.1. The number of carbonyl (C=O) groups excluding carboxylic acids is 2. The highest BCUT2D eigenvalue weighted by molar-refractivity contribution is 6.33. The summed E-state index contributed by atoms with van der Waals surface area (Å²) in [5.41, 5.74) is 8.36. The monoisotopic (exact) mass is 761 g/mol. The molecule has 6 heterocycles. The molecule has 0 amide bonds. The molecule has 0 aromatic carbocycles. The summed E-state index contributed by atoms with van der Waals surface area (Å²) in [7, 11) is 0. The molecule has 2 N–H and O–H groups in total. The molecule has 2 saturated carbocycles. The zero-order valence-electron chi connectivity index (χ0n) is 32.0. The fraction of sp³-hybridized carbons (Fsp3) is 0.579. The van der Waals surface area contributed by atoms with E-state index in [4.69, 9.17) is 36.3 Å². The molecule has 4 aliphatic rings. The number of fused-ring (bicyclic) bond motifs is 2. The van der Waals surface area contributed by atoms with E-state index in [1.165, 1.54) is 12.7 Å². The number of rotatable bonds is 4. The first-order valence-electron chi connectivity index (χ1n) is 18.1. The summed E-state index contributed by atoms with van der Waals surface area (Å²) >= 11 is 6.14. The molecule has 0 bridgehead atoms. The number of ether oxygens (including phenoxy) is 4. The second-order valence-electron chi connectivity index (χ2n) is 17.2. The maximum Gasteiger partial charge on any atom is 0.311 e. The van der Waals surface area contributed by atoms with Gasteiger partial charge in [0.15, 0.2) is 46.9 Å². The molecule has 4 aromatic heterocycles. The minimum atomic E-state index is -0.605. The van der Waals surface area contributed by atoms with Crippen LogP contribution in [0.3, 0.4) is 0 Å². The van der Waals surface area contributed by atoms with Crippen LogP contribution in [0.5, 0.6) is 0 Å². The Hall–Kier alpha value is -4.47. The van der Waals surface area contributed by atoms with Crippen molar-refractivity contribution in [3.63, 3.8) is 0 Å². The Bertz CT molecular complexity index is 2000. The first-order valence-corrected chi connectivity index (χ1v) is 18.5. The standard InChI is InChI=1S/C19H23ClN4O3.C19H25N5O3/c2*1-10-6-19(7-10)11(2)13(26-17(25)18(3,4)5)16(27-19)24-9-23-12-14(20)21-8-22-15(12)24/h8-9,11,13,16H,1,6-7H2,2-5H3;8-9,11,13,16H,1,6-7H2,2-5H3,(H2,20,21,22)/t2*11-,13+,16+/m00/s1. The SMILES string of the molecule is C=C1CC2(C1)O[C@@H](n1cnc3c(Cl)ncnc31)[C@H](OC(=O)C(C)(C)C)[C@@H]2C.C=C1CC2(C1)O[C@@H](n1cnc3c(N)ncnc31)[C@H](OC(=O)C(C)(C)C)[C@@H]2C. The van der Waals surface area contributed by atoms with E-state index < -0.39 is 35.5 Å². The minimum absolute atomic E-state index is 0.00839. The Labute approximate surface area is 318 Å². The van der Waals surface area contributed by atoms with Crippen LogP contribution in [0, 0.1) is 22.7 Å². The number of hydrogen-bond donors (Lipinski definition) is 1. The first-order chi connectivity index (χ1) is 25.2. The van der Waals surface area contributed by atoms with Crippen LogP contribution in [-0.2, 0) is 28.5 Å². The van der Waals surface area contributed by atoms with E-state index in [0.29, 0.717) is 28.1 Å². The van der Waals surface area contributed by atoms with Crippen molar-refractivity contribution in [2.24, 2.45) is 22.7 Å². The third-order valence-electron chi connectivity index (χ3n) is 11.1. The molecule has 2 aliphatic carbocycles. The average molecular weight is 762 g/mol. The highest BCUT2D eigenvalue weighted by Crippen LogP contribution is 2.57. The normalized spacial score (nSPS) is 27.1. The van der Waals surface area contributed by atoms with Crippen molar-refractivity contribution in [1.29, 1.82) is 0 Å². The number of esters is 2. The van der Waals surface area contributed by atoms with E-state index in [-0.39, 0.29) is 40.1 Å². The van der Waals surface area contributed by atoms with Gasteiger partial charge in [0.25, 0.3) is 0 Å².